The minimum atomic E-state index is -4.61. The maximum absolute atomic E-state index is 12.6. The Morgan fingerprint density at radius 1 is 1.32 bits per heavy atom. The number of rotatable bonds is 3. The summed E-state index contributed by atoms with van der Waals surface area (Å²) < 4.78 is 39.5. The number of halogens is 3. The maximum atomic E-state index is 12.6. The highest BCUT2D eigenvalue weighted by molar-refractivity contribution is 5.31. The minimum Gasteiger partial charge on any atom is -0.384 e. The van der Waals surface area contributed by atoms with Gasteiger partial charge in [-0.2, -0.15) is 13.2 Å². The summed E-state index contributed by atoms with van der Waals surface area (Å²) in [4.78, 5) is 10.8. The number of nitrogens with zero attached hydrogens (tertiary/aromatic N) is 4. The Labute approximate surface area is 107 Å². The normalized spacial score (nSPS) is 11.8. The summed E-state index contributed by atoms with van der Waals surface area (Å²) in [7, 11) is 0. The molecule has 0 aliphatic carbocycles. The summed E-state index contributed by atoms with van der Waals surface area (Å²) in [6, 6.07) is 1.32. The van der Waals surface area contributed by atoms with Gasteiger partial charge >= 0.3 is 6.18 Å². The van der Waals surface area contributed by atoms with Crippen LogP contribution in [-0.2, 0) is 19.1 Å². The van der Waals surface area contributed by atoms with Gasteiger partial charge in [-0.25, -0.2) is 15.0 Å². The fraction of sp³-hybridized carbons (Fsp3) is 0.364. The van der Waals surface area contributed by atoms with Crippen LogP contribution in [0, 0.1) is 0 Å². The van der Waals surface area contributed by atoms with Gasteiger partial charge in [-0.1, -0.05) is 0 Å². The molecule has 2 rings (SSSR count). The molecular weight excluding hydrogens is 259 g/mol. The third kappa shape index (κ3) is 3.01. The topological polar surface area (TPSA) is 69.6 Å². The SMILES string of the molecule is CCn1ccnc1Cc1cc(N)nc(C(F)(F)F)n1. The molecule has 2 aromatic rings. The van der Waals surface area contributed by atoms with Crippen molar-refractivity contribution in [2.45, 2.75) is 26.1 Å². The zero-order chi connectivity index (χ0) is 14.0. The number of aryl methyl sites for hydroxylation is 1. The molecule has 0 unspecified atom stereocenters. The van der Waals surface area contributed by atoms with Gasteiger partial charge in [-0.15, -0.1) is 0 Å². The van der Waals surface area contributed by atoms with Crippen LogP contribution in [0.5, 0.6) is 0 Å². The van der Waals surface area contributed by atoms with Gasteiger partial charge in [-0.05, 0) is 6.92 Å². The van der Waals surface area contributed by atoms with Crippen molar-refractivity contribution in [3.05, 3.63) is 35.8 Å². The quantitative estimate of drug-likeness (QED) is 0.925. The predicted molar refractivity (Wildman–Crippen MR) is 62.2 cm³/mol. The molecule has 0 saturated heterocycles. The first-order valence-electron chi connectivity index (χ1n) is 5.60. The van der Waals surface area contributed by atoms with E-state index in [1.807, 2.05) is 11.5 Å². The molecule has 0 fully saturated rings. The van der Waals surface area contributed by atoms with Gasteiger partial charge in [0.1, 0.15) is 11.6 Å². The third-order valence-corrected chi connectivity index (χ3v) is 2.53. The van der Waals surface area contributed by atoms with Crippen molar-refractivity contribution in [2.24, 2.45) is 0 Å². The average Bonchev–Trinajstić information content (AvgIpc) is 2.74. The molecule has 0 spiro atoms. The molecule has 0 aliphatic heterocycles. The highest BCUT2D eigenvalue weighted by atomic mass is 19.4. The number of imidazole rings is 1. The van der Waals surface area contributed by atoms with Crippen LogP contribution in [0.4, 0.5) is 19.0 Å². The highest BCUT2D eigenvalue weighted by Gasteiger charge is 2.35. The van der Waals surface area contributed by atoms with E-state index in [1.165, 1.54) is 6.07 Å². The lowest BCUT2D eigenvalue weighted by Crippen LogP contribution is -2.14. The summed E-state index contributed by atoms with van der Waals surface area (Å²) in [6.45, 7) is 2.60. The van der Waals surface area contributed by atoms with Crippen LogP contribution >= 0.6 is 0 Å². The van der Waals surface area contributed by atoms with E-state index in [1.54, 1.807) is 12.4 Å². The van der Waals surface area contributed by atoms with E-state index in [4.69, 9.17) is 5.73 Å². The van der Waals surface area contributed by atoms with Crippen molar-refractivity contribution in [2.75, 3.05) is 5.73 Å². The molecule has 0 aromatic carbocycles. The molecule has 0 amide bonds. The maximum Gasteiger partial charge on any atom is 0.451 e. The van der Waals surface area contributed by atoms with E-state index in [-0.39, 0.29) is 17.9 Å². The lowest BCUT2D eigenvalue weighted by molar-refractivity contribution is -0.145. The molecule has 0 saturated carbocycles. The van der Waals surface area contributed by atoms with Crippen molar-refractivity contribution in [1.29, 1.82) is 0 Å². The fourth-order valence-electron chi connectivity index (χ4n) is 1.69. The molecule has 5 nitrogen and oxygen atoms in total. The summed E-state index contributed by atoms with van der Waals surface area (Å²) in [6.07, 6.45) is -1.08. The number of nitrogens with two attached hydrogens (primary N) is 1. The second-order valence-electron chi connectivity index (χ2n) is 3.91. The van der Waals surface area contributed by atoms with Crippen LogP contribution in [0.25, 0.3) is 0 Å². The van der Waals surface area contributed by atoms with Gasteiger partial charge in [-0.3, -0.25) is 0 Å². The second kappa shape index (κ2) is 4.87. The number of aromatic nitrogens is 4. The predicted octanol–water partition coefficient (Wildman–Crippen LogP) is 1.88. The van der Waals surface area contributed by atoms with E-state index >= 15 is 0 Å². The first-order valence-corrected chi connectivity index (χ1v) is 5.60. The highest BCUT2D eigenvalue weighted by Crippen LogP contribution is 2.27. The molecule has 0 aliphatic rings. The first kappa shape index (κ1) is 13.3. The van der Waals surface area contributed by atoms with Crippen LogP contribution in [0.2, 0.25) is 0 Å². The smallest absolute Gasteiger partial charge is 0.384 e. The zero-order valence-corrected chi connectivity index (χ0v) is 10.1. The summed E-state index contributed by atoms with van der Waals surface area (Å²) >= 11 is 0. The lowest BCUT2D eigenvalue weighted by Gasteiger charge is -2.09. The third-order valence-electron chi connectivity index (χ3n) is 2.53. The van der Waals surface area contributed by atoms with Crippen LogP contribution in [-0.4, -0.2) is 19.5 Å². The lowest BCUT2D eigenvalue weighted by atomic mass is 10.2. The van der Waals surface area contributed by atoms with E-state index in [0.717, 1.165) is 0 Å². The van der Waals surface area contributed by atoms with E-state index in [2.05, 4.69) is 15.0 Å². The first-order chi connectivity index (χ1) is 8.90. The van der Waals surface area contributed by atoms with Crippen molar-refractivity contribution < 1.29 is 13.2 Å². The molecule has 2 aromatic heterocycles. The zero-order valence-electron chi connectivity index (χ0n) is 10.1. The Bertz CT molecular complexity index is 576. The molecule has 2 heterocycles. The minimum absolute atomic E-state index is 0.177. The van der Waals surface area contributed by atoms with Crippen LogP contribution < -0.4 is 5.73 Å². The van der Waals surface area contributed by atoms with E-state index in [0.29, 0.717) is 12.4 Å². The number of hydrogen-bond donors (Lipinski definition) is 1. The average molecular weight is 271 g/mol. The van der Waals surface area contributed by atoms with Gasteiger partial charge in [0.25, 0.3) is 0 Å². The Balaban J connectivity index is 2.33. The number of nitrogen functional groups attached to an aromatic ring is 1. The van der Waals surface area contributed by atoms with Crippen molar-refractivity contribution in [1.82, 2.24) is 19.5 Å². The Kier molecular flexibility index (Phi) is 3.41. The van der Waals surface area contributed by atoms with Gasteiger partial charge in [0, 0.05) is 31.4 Å². The molecule has 2 N–H and O–H groups in total. The number of alkyl halides is 3. The number of anilines is 1. The summed E-state index contributed by atoms with van der Waals surface area (Å²) in [5.74, 6) is -0.794. The fourth-order valence-corrected chi connectivity index (χ4v) is 1.69. The monoisotopic (exact) mass is 271 g/mol. The Hall–Kier alpha value is -2.12. The Morgan fingerprint density at radius 3 is 2.68 bits per heavy atom. The van der Waals surface area contributed by atoms with Crippen LogP contribution in [0.1, 0.15) is 24.3 Å². The molecule has 8 heteroatoms. The van der Waals surface area contributed by atoms with Gasteiger partial charge in [0.15, 0.2) is 0 Å². The van der Waals surface area contributed by atoms with Crippen LogP contribution in [0.3, 0.4) is 0 Å². The van der Waals surface area contributed by atoms with E-state index < -0.39 is 12.0 Å². The van der Waals surface area contributed by atoms with Gasteiger partial charge in [0.2, 0.25) is 5.82 Å². The van der Waals surface area contributed by atoms with Crippen molar-refractivity contribution >= 4 is 5.82 Å². The summed E-state index contributed by atoms with van der Waals surface area (Å²) in [5.41, 5.74) is 5.57. The molecule has 102 valence electrons. The Morgan fingerprint density at radius 2 is 2.05 bits per heavy atom. The standard InChI is InChI=1S/C11H12F3N5/c1-2-19-4-3-16-9(19)6-7-5-8(15)18-10(17-7)11(12,13)14/h3-5H,2,6H2,1H3,(H2,15,17,18). The molecule has 0 atom stereocenters. The number of hydrogen-bond acceptors (Lipinski definition) is 4. The van der Waals surface area contributed by atoms with Gasteiger partial charge in [0.05, 0.1) is 5.69 Å². The molecule has 0 radical (unpaired) electrons. The van der Waals surface area contributed by atoms with E-state index in [9.17, 15) is 13.2 Å². The molecule has 19 heavy (non-hydrogen) atoms. The van der Waals surface area contributed by atoms with Gasteiger partial charge < -0.3 is 10.3 Å². The largest absolute Gasteiger partial charge is 0.451 e. The molecular formula is C11H12F3N5. The van der Waals surface area contributed by atoms with Crippen LogP contribution in [0.15, 0.2) is 18.5 Å². The van der Waals surface area contributed by atoms with Crippen molar-refractivity contribution in [3.8, 4) is 0 Å². The molecule has 0 bridgehead atoms. The van der Waals surface area contributed by atoms with Crippen molar-refractivity contribution in [3.63, 3.8) is 0 Å². The summed E-state index contributed by atoms with van der Waals surface area (Å²) in [5, 5.41) is 0. The second-order valence-corrected chi connectivity index (χ2v) is 3.91.